The molecule has 0 aliphatic rings. The summed E-state index contributed by atoms with van der Waals surface area (Å²) in [6.07, 6.45) is 1.73. The van der Waals surface area contributed by atoms with E-state index in [4.69, 9.17) is 9.47 Å². The first-order valence-corrected chi connectivity index (χ1v) is 9.08. The maximum Gasteiger partial charge on any atom is 0.258 e. The number of pyridine rings is 1. The third-order valence-corrected chi connectivity index (χ3v) is 4.46. The van der Waals surface area contributed by atoms with Gasteiger partial charge in [-0.05, 0) is 36.8 Å². The molecular formula is C23H24N2O3. The average molecular weight is 376 g/mol. The molecule has 5 heteroatoms. The first-order chi connectivity index (χ1) is 13.6. The quantitative estimate of drug-likeness (QED) is 0.619. The van der Waals surface area contributed by atoms with Crippen LogP contribution in [0.5, 0.6) is 11.5 Å². The molecule has 0 saturated carbocycles. The van der Waals surface area contributed by atoms with Gasteiger partial charge in [-0.2, -0.15) is 0 Å². The van der Waals surface area contributed by atoms with Crippen molar-refractivity contribution in [1.29, 1.82) is 0 Å². The van der Waals surface area contributed by atoms with Gasteiger partial charge in [-0.25, -0.2) is 0 Å². The van der Waals surface area contributed by atoms with E-state index in [1.807, 2.05) is 43.3 Å². The molecule has 0 saturated heterocycles. The van der Waals surface area contributed by atoms with Crippen molar-refractivity contribution in [3.63, 3.8) is 0 Å². The molecule has 0 atom stereocenters. The first kappa shape index (κ1) is 19.4. The molecule has 0 aliphatic carbocycles. The molecule has 28 heavy (non-hydrogen) atoms. The maximum atomic E-state index is 13.4. The van der Waals surface area contributed by atoms with Gasteiger partial charge in [0.2, 0.25) is 0 Å². The molecule has 2 aromatic carbocycles. The van der Waals surface area contributed by atoms with Crippen LogP contribution in [0.2, 0.25) is 0 Å². The number of para-hydroxylation sites is 1. The monoisotopic (exact) mass is 376 g/mol. The summed E-state index contributed by atoms with van der Waals surface area (Å²) in [5.41, 5.74) is 3.50. The fourth-order valence-corrected chi connectivity index (χ4v) is 3.14. The third kappa shape index (κ3) is 4.49. The lowest BCUT2D eigenvalue weighted by Gasteiger charge is -2.24. The number of nitrogens with zero attached hydrogens (tertiary/aromatic N) is 2. The van der Waals surface area contributed by atoms with Crippen molar-refractivity contribution in [1.82, 2.24) is 9.88 Å². The molecule has 0 fully saturated rings. The topological polar surface area (TPSA) is 51.7 Å². The SMILES string of the molecule is COc1cccc(C(=O)N(Cc2cccc(C)c2)Cc2ccccn2)c1OC. The van der Waals surface area contributed by atoms with Crippen LogP contribution in [0.15, 0.2) is 66.9 Å². The van der Waals surface area contributed by atoms with Gasteiger partial charge in [0.15, 0.2) is 11.5 Å². The first-order valence-electron chi connectivity index (χ1n) is 9.08. The van der Waals surface area contributed by atoms with Gasteiger partial charge in [0.1, 0.15) is 0 Å². The van der Waals surface area contributed by atoms with E-state index in [-0.39, 0.29) is 5.91 Å². The van der Waals surface area contributed by atoms with Crippen LogP contribution < -0.4 is 9.47 Å². The van der Waals surface area contributed by atoms with E-state index in [2.05, 4.69) is 11.1 Å². The van der Waals surface area contributed by atoms with Crippen molar-refractivity contribution in [2.45, 2.75) is 20.0 Å². The summed E-state index contributed by atoms with van der Waals surface area (Å²) in [5.74, 6) is 0.829. The number of ether oxygens (including phenoxy) is 2. The number of benzene rings is 2. The average Bonchev–Trinajstić information content (AvgIpc) is 2.73. The molecule has 0 aliphatic heterocycles. The normalized spacial score (nSPS) is 10.4. The third-order valence-electron chi connectivity index (χ3n) is 4.46. The van der Waals surface area contributed by atoms with Crippen LogP contribution >= 0.6 is 0 Å². The molecule has 1 aromatic heterocycles. The minimum atomic E-state index is -0.136. The Kier molecular flexibility index (Phi) is 6.27. The maximum absolute atomic E-state index is 13.4. The highest BCUT2D eigenvalue weighted by atomic mass is 16.5. The Morgan fingerprint density at radius 2 is 1.79 bits per heavy atom. The summed E-state index contributed by atoms with van der Waals surface area (Å²) in [6.45, 7) is 2.91. The second-order valence-electron chi connectivity index (χ2n) is 6.51. The molecule has 144 valence electrons. The number of carbonyl (C=O) groups is 1. The number of aryl methyl sites for hydroxylation is 1. The molecule has 0 bridgehead atoms. The molecular weight excluding hydrogens is 352 g/mol. The lowest BCUT2D eigenvalue weighted by Crippen LogP contribution is -2.31. The van der Waals surface area contributed by atoms with E-state index in [1.165, 1.54) is 7.11 Å². The highest BCUT2D eigenvalue weighted by Crippen LogP contribution is 2.32. The van der Waals surface area contributed by atoms with Crippen LogP contribution in [-0.2, 0) is 13.1 Å². The number of hydrogen-bond donors (Lipinski definition) is 0. The summed E-state index contributed by atoms with van der Waals surface area (Å²) < 4.78 is 10.8. The summed E-state index contributed by atoms with van der Waals surface area (Å²) >= 11 is 0. The lowest BCUT2D eigenvalue weighted by atomic mass is 10.1. The zero-order valence-electron chi connectivity index (χ0n) is 16.4. The van der Waals surface area contributed by atoms with Crippen molar-refractivity contribution in [3.05, 3.63) is 89.2 Å². The summed E-state index contributed by atoms with van der Waals surface area (Å²) in [7, 11) is 3.10. The van der Waals surface area contributed by atoms with Crippen LogP contribution in [0.25, 0.3) is 0 Å². The number of amides is 1. The molecule has 3 rings (SSSR count). The number of rotatable bonds is 7. The Bertz CT molecular complexity index is 942. The molecule has 5 nitrogen and oxygen atoms in total. The smallest absolute Gasteiger partial charge is 0.258 e. The number of aromatic nitrogens is 1. The number of hydrogen-bond acceptors (Lipinski definition) is 4. The van der Waals surface area contributed by atoms with Gasteiger partial charge in [0.05, 0.1) is 32.0 Å². The second-order valence-corrected chi connectivity index (χ2v) is 6.51. The van der Waals surface area contributed by atoms with E-state index in [0.29, 0.717) is 30.2 Å². The second kappa shape index (κ2) is 9.04. The van der Waals surface area contributed by atoms with Gasteiger partial charge in [-0.3, -0.25) is 9.78 Å². The van der Waals surface area contributed by atoms with Crippen LogP contribution in [0.4, 0.5) is 0 Å². The van der Waals surface area contributed by atoms with Crippen LogP contribution in [0.1, 0.15) is 27.2 Å². The van der Waals surface area contributed by atoms with Crippen molar-refractivity contribution < 1.29 is 14.3 Å². The Morgan fingerprint density at radius 3 is 2.46 bits per heavy atom. The summed E-state index contributed by atoms with van der Waals surface area (Å²) in [6, 6.07) is 19.2. The fourth-order valence-electron chi connectivity index (χ4n) is 3.14. The summed E-state index contributed by atoms with van der Waals surface area (Å²) in [4.78, 5) is 19.6. The van der Waals surface area contributed by atoms with Crippen LogP contribution in [0, 0.1) is 6.92 Å². The fraction of sp³-hybridized carbons (Fsp3) is 0.217. The van der Waals surface area contributed by atoms with Gasteiger partial charge in [-0.1, -0.05) is 42.0 Å². The minimum Gasteiger partial charge on any atom is -0.493 e. The number of carbonyl (C=O) groups excluding carboxylic acids is 1. The number of methoxy groups -OCH3 is 2. The van der Waals surface area contributed by atoms with Gasteiger partial charge in [-0.15, -0.1) is 0 Å². The van der Waals surface area contributed by atoms with Crippen molar-refractivity contribution in [2.24, 2.45) is 0 Å². The van der Waals surface area contributed by atoms with Crippen molar-refractivity contribution in [2.75, 3.05) is 14.2 Å². The molecule has 1 amide bonds. The van der Waals surface area contributed by atoms with Crippen LogP contribution in [0.3, 0.4) is 0 Å². The van der Waals surface area contributed by atoms with Gasteiger partial charge < -0.3 is 14.4 Å². The van der Waals surface area contributed by atoms with E-state index in [1.54, 1.807) is 36.4 Å². The molecule has 0 unspecified atom stereocenters. The zero-order valence-corrected chi connectivity index (χ0v) is 16.4. The Labute approximate surface area is 165 Å². The zero-order chi connectivity index (χ0) is 19.9. The van der Waals surface area contributed by atoms with E-state index in [9.17, 15) is 4.79 Å². The van der Waals surface area contributed by atoms with E-state index in [0.717, 1.165) is 16.8 Å². The van der Waals surface area contributed by atoms with Gasteiger partial charge in [0, 0.05) is 12.7 Å². The highest BCUT2D eigenvalue weighted by Gasteiger charge is 2.23. The molecule has 0 radical (unpaired) electrons. The highest BCUT2D eigenvalue weighted by molar-refractivity contribution is 5.97. The predicted molar refractivity (Wildman–Crippen MR) is 109 cm³/mol. The minimum absolute atomic E-state index is 0.136. The van der Waals surface area contributed by atoms with Crippen molar-refractivity contribution in [3.8, 4) is 11.5 Å². The molecule has 0 N–H and O–H groups in total. The predicted octanol–water partition coefficient (Wildman–Crippen LogP) is 4.25. The van der Waals surface area contributed by atoms with Crippen LogP contribution in [-0.4, -0.2) is 30.0 Å². The Morgan fingerprint density at radius 1 is 0.964 bits per heavy atom. The Balaban J connectivity index is 1.97. The largest absolute Gasteiger partial charge is 0.493 e. The lowest BCUT2D eigenvalue weighted by molar-refractivity contribution is 0.0723. The summed E-state index contributed by atoms with van der Waals surface area (Å²) in [5, 5.41) is 0. The molecule has 3 aromatic rings. The van der Waals surface area contributed by atoms with Crippen molar-refractivity contribution >= 4 is 5.91 Å². The molecule has 1 heterocycles. The van der Waals surface area contributed by atoms with Gasteiger partial charge >= 0.3 is 0 Å². The van der Waals surface area contributed by atoms with Gasteiger partial charge in [0.25, 0.3) is 5.91 Å². The van der Waals surface area contributed by atoms with E-state index < -0.39 is 0 Å². The Hall–Kier alpha value is -3.34. The molecule has 0 spiro atoms. The van der Waals surface area contributed by atoms with E-state index >= 15 is 0 Å². The standard InChI is InChI=1S/C23H24N2O3/c1-17-8-6-9-18(14-17)15-25(16-19-10-4-5-13-24-19)23(26)20-11-7-12-21(27-2)22(20)28-3/h4-14H,15-16H2,1-3H3.